The van der Waals surface area contributed by atoms with E-state index in [2.05, 4.69) is 10.2 Å². The summed E-state index contributed by atoms with van der Waals surface area (Å²) in [5.74, 6) is -0.790. The molecule has 2 aromatic rings. The van der Waals surface area contributed by atoms with Crippen molar-refractivity contribution >= 4 is 47.0 Å². The molecule has 0 aliphatic carbocycles. The Labute approximate surface area is 324 Å². The minimum Gasteiger partial charge on any atom is -0.466 e. The van der Waals surface area contributed by atoms with Gasteiger partial charge in [0.05, 0.1) is 28.8 Å². The second kappa shape index (κ2) is 17.3. The average Bonchev–Trinajstić information content (AvgIpc) is 3.33. The first-order chi connectivity index (χ1) is 26.2. The lowest BCUT2D eigenvalue weighted by atomic mass is 9.91. The second-order valence-electron chi connectivity index (χ2n) is 15.0. The standard InChI is InChI=1S/C39H50ClF3N6O6/c1-3-54-36(51)27-8-14-46(15-9-27)29-13-19-48(24(2)20-29)35(50)33(23-25-21-30(39(41,42)43)34(44)31(40)22-25)55-38(53)47-16-11-28(12-17-47)49-18-10-26-6-4-5-7-32(26)45-37(49)52/h4-7,21-22,24,27-29,33H,3,8-20,23,44H2,1-2H3,(H,45,52)/t24?,29?,33-/m1/s1. The molecule has 0 saturated carbocycles. The van der Waals surface area contributed by atoms with Crippen LogP contribution < -0.4 is 11.1 Å². The Kier molecular flexibility index (Phi) is 12.7. The van der Waals surface area contributed by atoms with Gasteiger partial charge in [0.25, 0.3) is 5.91 Å². The number of rotatable bonds is 8. The number of hydrogen-bond acceptors (Lipinski definition) is 8. The maximum Gasteiger partial charge on any atom is 0.418 e. The molecule has 16 heteroatoms. The smallest absolute Gasteiger partial charge is 0.418 e. The Morgan fingerprint density at radius 2 is 1.67 bits per heavy atom. The number of carbonyl (C=O) groups excluding carboxylic acids is 4. The highest BCUT2D eigenvalue weighted by molar-refractivity contribution is 6.33. The van der Waals surface area contributed by atoms with Crippen molar-refractivity contribution in [2.75, 3.05) is 56.9 Å². The highest BCUT2D eigenvalue weighted by Crippen LogP contribution is 2.38. The van der Waals surface area contributed by atoms with E-state index in [0.29, 0.717) is 64.6 Å². The molecule has 3 saturated heterocycles. The van der Waals surface area contributed by atoms with Crippen LogP contribution in [0.25, 0.3) is 0 Å². The molecule has 0 aromatic heterocycles. The number of alkyl halides is 3. The summed E-state index contributed by atoms with van der Waals surface area (Å²) in [6.07, 6.45) is -2.96. The first-order valence-electron chi connectivity index (χ1n) is 19.2. The predicted molar refractivity (Wildman–Crippen MR) is 200 cm³/mol. The molecule has 2 aromatic carbocycles. The zero-order chi connectivity index (χ0) is 39.4. The summed E-state index contributed by atoms with van der Waals surface area (Å²) < 4.78 is 52.8. The number of amides is 4. The Morgan fingerprint density at radius 1 is 0.982 bits per heavy atom. The van der Waals surface area contributed by atoms with Crippen LogP contribution in [0.15, 0.2) is 36.4 Å². The fraction of sp³-hybridized carbons (Fsp3) is 0.590. The Morgan fingerprint density at radius 3 is 2.35 bits per heavy atom. The van der Waals surface area contributed by atoms with Gasteiger partial charge in [-0.25, -0.2) is 9.59 Å². The molecule has 55 heavy (non-hydrogen) atoms. The number of anilines is 2. The average molecular weight is 791 g/mol. The van der Waals surface area contributed by atoms with Crippen molar-refractivity contribution < 1.29 is 41.8 Å². The third-order valence-electron chi connectivity index (χ3n) is 11.5. The van der Waals surface area contributed by atoms with E-state index in [1.165, 1.54) is 11.0 Å². The number of nitrogens with two attached hydrogens (primary N) is 1. The summed E-state index contributed by atoms with van der Waals surface area (Å²) >= 11 is 6.14. The van der Waals surface area contributed by atoms with Gasteiger partial charge in [0.2, 0.25) is 0 Å². The number of para-hydroxylation sites is 1. The van der Waals surface area contributed by atoms with Gasteiger partial charge in [-0.1, -0.05) is 29.8 Å². The number of nitrogens with one attached hydrogen (secondary N) is 1. The SMILES string of the molecule is CCOC(=O)C1CCN(C2CCN(C(=O)[C@@H](Cc3cc(Cl)c(N)c(C(F)(F)F)c3)OC(=O)N3CCC(N4CCc5ccccc5NC4=O)CC3)C(C)C2)CC1. The van der Waals surface area contributed by atoms with Crippen molar-refractivity contribution in [2.24, 2.45) is 5.92 Å². The number of likely N-dealkylation sites (tertiary alicyclic amines) is 3. The van der Waals surface area contributed by atoms with Crippen molar-refractivity contribution in [3.05, 3.63) is 58.1 Å². The molecule has 0 spiro atoms. The van der Waals surface area contributed by atoms with Crippen molar-refractivity contribution in [3.8, 4) is 0 Å². The zero-order valence-corrected chi connectivity index (χ0v) is 32.0. The number of nitrogens with zero attached hydrogens (tertiary/aromatic N) is 4. The largest absolute Gasteiger partial charge is 0.466 e. The van der Waals surface area contributed by atoms with Crippen LogP contribution in [0.1, 0.15) is 69.1 Å². The van der Waals surface area contributed by atoms with Crippen LogP contribution in [0, 0.1) is 5.92 Å². The monoisotopic (exact) mass is 790 g/mol. The molecule has 4 amide bonds. The molecule has 4 aliphatic heterocycles. The van der Waals surface area contributed by atoms with Crippen molar-refractivity contribution in [3.63, 3.8) is 0 Å². The van der Waals surface area contributed by atoms with E-state index in [1.54, 1.807) is 16.7 Å². The lowest BCUT2D eigenvalue weighted by molar-refractivity contribution is -0.150. The maximum atomic E-state index is 14.3. The number of esters is 1. The minimum atomic E-state index is -4.79. The summed E-state index contributed by atoms with van der Waals surface area (Å²) in [5, 5.41) is 2.67. The number of hydrogen-bond donors (Lipinski definition) is 2. The number of ether oxygens (including phenoxy) is 2. The molecule has 300 valence electrons. The van der Waals surface area contributed by atoms with Gasteiger partial charge in [0.1, 0.15) is 0 Å². The second-order valence-corrected chi connectivity index (χ2v) is 15.4. The molecule has 3 atom stereocenters. The first-order valence-corrected chi connectivity index (χ1v) is 19.6. The number of fused-ring (bicyclic) bond motifs is 1. The number of nitrogen functional groups attached to an aromatic ring is 1. The van der Waals surface area contributed by atoms with E-state index in [4.69, 9.17) is 26.8 Å². The molecule has 4 heterocycles. The van der Waals surface area contributed by atoms with Gasteiger partial charge >= 0.3 is 24.3 Å². The van der Waals surface area contributed by atoms with Crippen LogP contribution in [0.3, 0.4) is 0 Å². The number of carbonyl (C=O) groups is 4. The van der Waals surface area contributed by atoms with Crippen LogP contribution >= 0.6 is 11.6 Å². The minimum absolute atomic E-state index is 0.0524. The van der Waals surface area contributed by atoms with E-state index >= 15 is 0 Å². The van der Waals surface area contributed by atoms with Crippen molar-refractivity contribution in [1.29, 1.82) is 0 Å². The third kappa shape index (κ3) is 9.42. The molecule has 4 aliphatic rings. The number of halogens is 4. The third-order valence-corrected chi connectivity index (χ3v) is 11.8. The fourth-order valence-corrected chi connectivity index (χ4v) is 8.71. The lowest BCUT2D eigenvalue weighted by Crippen LogP contribution is -2.56. The van der Waals surface area contributed by atoms with E-state index in [-0.39, 0.29) is 66.1 Å². The topological polar surface area (TPSA) is 138 Å². The Balaban J connectivity index is 1.12. The summed E-state index contributed by atoms with van der Waals surface area (Å²) in [6.45, 7) is 6.95. The summed E-state index contributed by atoms with van der Waals surface area (Å²) in [4.78, 5) is 60.6. The number of benzene rings is 2. The van der Waals surface area contributed by atoms with E-state index in [1.807, 2.05) is 31.2 Å². The normalized spacial score (nSPS) is 22.4. The van der Waals surface area contributed by atoms with E-state index in [0.717, 1.165) is 30.4 Å². The molecular formula is C39H50ClF3N6O6. The Bertz CT molecular complexity index is 1730. The van der Waals surface area contributed by atoms with Crippen molar-refractivity contribution in [1.82, 2.24) is 19.6 Å². The van der Waals surface area contributed by atoms with Crippen LogP contribution in [-0.4, -0.2) is 114 Å². The number of urea groups is 1. The van der Waals surface area contributed by atoms with Gasteiger partial charge in [-0.2, -0.15) is 13.2 Å². The molecule has 6 rings (SSSR count). The van der Waals surface area contributed by atoms with Crippen LogP contribution in [0.2, 0.25) is 5.02 Å². The highest BCUT2D eigenvalue weighted by atomic mass is 35.5. The molecular weight excluding hydrogens is 741 g/mol. The van der Waals surface area contributed by atoms with Crippen LogP contribution in [0.4, 0.5) is 34.1 Å². The van der Waals surface area contributed by atoms with Gasteiger partial charge in [-0.05, 0) is 101 Å². The summed E-state index contributed by atoms with van der Waals surface area (Å²) in [6, 6.07) is 9.39. The number of piperidine rings is 3. The highest BCUT2D eigenvalue weighted by Gasteiger charge is 2.40. The van der Waals surface area contributed by atoms with E-state index < -0.39 is 35.5 Å². The van der Waals surface area contributed by atoms with Gasteiger partial charge in [0, 0.05) is 56.4 Å². The van der Waals surface area contributed by atoms with Gasteiger partial charge in [-0.15, -0.1) is 0 Å². The van der Waals surface area contributed by atoms with Gasteiger partial charge in [0.15, 0.2) is 6.10 Å². The molecule has 3 N–H and O–H groups in total. The Hall–Kier alpha value is -4.24. The molecule has 12 nitrogen and oxygen atoms in total. The van der Waals surface area contributed by atoms with E-state index in [9.17, 15) is 32.3 Å². The van der Waals surface area contributed by atoms with Gasteiger partial charge in [-0.3, -0.25) is 9.59 Å². The summed E-state index contributed by atoms with van der Waals surface area (Å²) in [5.41, 5.74) is 5.82. The molecule has 0 bridgehead atoms. The first kappa shape index (κ1) is 40.4. The predicted octanol–water partition coefficient (Wildman–Crippen LogP) is 6.20. The maximum absolute atomic E-state index is 14.3. The summed E-state index contributed by atoms with van der Waals surface area (Å²) in [7, 11) is 0. The quantitative estimate of drug-likeness (QED) is 0.239. The lowest BCUT2D eigenvalue weighted by Gasteiger charge is -2.45. The zero-order valence-electron chi connectivity index (χ0n) is 31.3. The van der Waals surface area contributed by atoms with Crippen LogP contribution in [0.5, 0.6) is 0 Å². The van der Waals surface area contributed by atoms with Crippen molar-refractivity contribution in [2.45, 2.75) is 95.6 Å². The van der Waals surface area contributed by atoms with Gasteiger partial charge < -0.3 is 40.1 Å². The fourth-order valence-electron chi connectivity index (χ4n) is 8.47. The van der Waals surface area contributed by atoms with Crippen LogP contribution in [-0.2, 0) is 38.1 Å². The molecule has 2 unspecified atom stereocenters. The molecule has 0 radical (unpaired) electrons. The molecule has 3 fully saturated rings.